The van der Waals surface area contributed by atoms with Gasteiger partial charge in [0.15, 0.2) is 0 Å². The molecule has 0 aromatic heterocycles. The molecule has 0 bridgehead atoms. The van der Waals surface area contributed by atoms with Crippen LogP contribution in [0.2, 0.25) is 0 Å². The van der Waals surface area contributed by atoms with Crippen molar-refractivity contribution >= 4 is 23.2 Å². The molecule has 1 aliphatic heterocycles. The van der Waals surface area contributed by atoms with E-state index in [2.05, 4.69) is 19.2 Å². The third-order valence-corrected chi connectivity index (χ3v) is 5.11. The van der Waals surface area contributed by atoms with Gasteiger partial charge in [-0.25, -0.2) is 0 Å². The molecule has 1 heterocycles. The largest absolute Gasteiger partial charge is 0.494 e. The Hall–Kier alpha value is -2.82. The minimum Gasteiger partial charge on any atom is -0.494 e. The fourth-order valence-corrected chi connectivity index (χ4v) is 3.50. The number of rotatable bonds is 7. The van der Waals surface area contributed by atoms with Crippen LogP contribution in [0.4, 0.5) is 11.4 Å². The average molecular weight is 380 g/mol. The number of ether oxygens (including phenoxy) is 1. The molecule has 1 saturated heterocycles. The van der Waals surface area contributed by atoms with E-state index < -0.39 is 0 Å². The van der Waals surface area contributed by atoms with Gasteiger partial charge in [-0.05, 0) is 55.2 Å². The molecule has 1 aliphatic rings. The van der Waals surface area contributed by atoms with Crippen LogP contribution in [0.25, 0.3) is 0 Å². The summed E-state index contributed by atoms with van der Waals surface area (Å²) in [5, 5.41) is 3.06. The molecule has 0 unspecified atom stereocenters. The summed E-state index contributed by atoms with van der Waals surface area (Å²) in [5.41, 5.74) is 3.82. The van der Waals surface area contributed by atoms with Gasteiger partial charge in [-0.2, -0.15) is 0 Å². The molecule has 1 N–H and O–H groups in total. The zero-order valence-corrected chi connectivity index (χ0v) is 16.8. The molecular formula is C23H28N2O3. The molecule has 0 aliphatic carbocycles. The third-order valence-electron chi connectivity index (χ3n) is 5.11. The molecule has 0 saturated carbocycles. The molecule has 2 amide bonds. The van der Waals surface area contributed by atoms with Crippen molar-refractivity contribution in [2.24, 2.45) is 5.92 Å². The van der Waals surface area contributed by atoms with Crippen LogP contribution in [0.5, 0.6) is 5.75 Å². The molecular weight excluding hydrogens is 352 g/mol. The van der Waals surface area contributed by atoms with Crippen LogP contribution >= 0.6 is 0 Å². The monoisotopic (exact) mass is 380 g/mol. The van der Waals surface area contributed by atoms with E-state index in [-0.39, 0.29) is 24.2 Å². The van der Waals surface area contributed by atoms with Crippen LogP contribution < -0.4 is 15.0 Å². The zero-order chi connectivity index (χ0) is 20.1. The summed E-state index contributed by atoms with van der Waals surface area (Å²) in [4.78, 5) is 27.0. The van der Waals surface area contributed by atoms with Gasteiger partial charge in [-0.3, -0.25) is 9.59 Å². The van der Waals surface area contributed by atoms with E-state index in [1.54, 1.807) is 4.90 Å². The Labute approximate surface area is 166 Å². The van der Waals surface area contributed by atoms with Crippen molar-refractivity contribution in [2.45, 2.75) is 40.0 Å². The lowest BCUT2D eigenvalue weighted by atomic mass is 10.0. The SMILES string of the molecule is CCCOc1ccc(N2C[C@H](C(=O)Nc3c(C)cccc3CC)CC2=O)cc1. The molecule has 0 radical (unpaired) electrons. The Balaban J connectivity index is 1.68. The molecule has 2 aromatic rings. The van der Waals surface area contributed by atoms with Gasteiger partial charge in [0.2, 0.25) is 11.8 Å². The Morgan fingerprint density at radius 3 is 2.61 bits per heavy atom. The van der Waals surface area contributed by atoms with Crippen molar-refractivity contribution in [3.05, 3.63) is 53.6 Å². The summed E-state index contributed by atoms with van der Waals surface area (Å²) in [6, 6.07) is 13.5. The smallest absolute Gasteiger partial charge is 0.229 e. The lowest BCUT2D eigenvalue weighted by Crippen LogP contribution is -2.28. The first-order valence-electron chi connectivity index (χ1n) is 9.96. The topological polar surface area (TPSA) is 58.6 Å². The maximum absolute atomic E-state index is 12.8. The molecule has 0 spiro atoms. The summed E-state index contributed by atoms with van der Waals surface area (Å²) in [5.74, 6) is 0.316. The van der Waals surface area contributed by atoms with Crippen molar-refractivity contribution in [1.29, 1.82) is 0 Å². The fraction of sp³-hybridized carbons (Fsp3) is 0.391. The second-order valence-corrected chi connectivity index (χ2v) is 7.20. The quantitative estimate of drug-likeness (QED) is 0.777. The molecule has 3 rings (SSSR count). The predicted octanol–water partition coefficient (Wildman–Crippen LogP) is 4.34. The van der Waals surface area contributed by atoms with Crippen LogP contribution in [0.15, 0.2) is 42.5 Å². The molecule has 2 aromatic carbocycles. The van der Waals surface area contributed by atoms with Gasteiger partial charge in [0.1, 0.15) is 5.75 Å². The summed E-state index contributed by atoms with van der Waals surface area (Å²) in [6.45, 7) is 7.18. The number of amides is 2. The van der Waals surface area contributed by atoms with E-state index in [0.29, 0.717) is 13.2 Å². The van der Waals surface area contributed by atoms with E-state index >= 15 is 0 Å². The lowest BCUT2D eigenvalue weighted by molar-refractivity contribution is -0.122. The highest BCUT2D eigenvalue weighted by molar-refractivity contribution is 6.04. The van der Waals surface area contributed by atoms with Gasteiger partial charge in [0.05, 0.1) is 12.5 Å². The van der Waals surface area contributed by atoms with E-state index in [4.69, 9.17) is 4.74 Å². The number of anilines is 2. The van der Waals surface area contributed by atoms with Crippen LogP contribution in [-0.4, -0.2) is 25.0 Å². The van der Waals surface area contributed by atoms with Crippen LogP contribution in [0, 0.1) is 12.8 Å². The van der Waals surface area contributed by atoms with E-state index in [9.17, 15) is 9.59 Å². The summed E-state index contributed by atoms with van der Waals surface area (Å²) < 4.78 is 5.59. The first-order chi connectivity index (χ1) is 13.5. The van der Waals surface area contributed by atoms with E-state index in [1.165, 1.54) is 0 Å². The second kappa shape index (κ2) is 8.91. The Morgan fingerprint density at radius 1 is 1.18 bits per heavy atom. The van der Waals surface area contributed by atoms with Gasteiger partial charge in [-0.1, -0.05) is 32.0 Å². The van der Waals surface area contributed by atoms with Crippen molar-refractivity contribution in [3.63, 3.8) is 0 Å². The summed E-state index contributed by atoms with van der Waals surface area (Å²) >= 11 is 0. The average Bonchev–Trinajstić information content (AvgIpc) is 3.10. The Morgan fingerprint density at radius 2 is 1.93 bits per heavy atom. The highest BCUT2D eigenvalue weighted by Crippen LogP contribution is 2.29. The number of hydrogen-bond donors (Lipinski definition) is 1. The first kappa shape index (κ1) is 19.9. The number of para-hydroxylation sites is 1. The van der Waals surface area contributed by atoms with Crippen molar-refractivity contribution < 1.29 is 14.3 Å². The molecule has 1 fully saturated rings. The van der Waals surface area contributed by atoms with E-state index in [1.807, 2.05) is 49.4 Å². The first-order valence-corrected chi connectivity index (χ1v) is 9.96. The number of nitrogens with zero attached hydrogens (tertiary/aromatic N) is 1. The minimum absolute atomic E-state index is 0.0251. The number of benzene rings is 2. The van der Waals surface area contributed by atoms with Gasteiger partial charge < -0.3 is 15.0 Å². The highest BCUT2D eigenvalue weighted by atomic mass is 16.5. The van der Waals surface area contributed by atoms with Gasteiger partial charge in [0.25, 0.3) is 0 Å². The van der Waals surface area contributed by atoms with Gasteiger partial charge in [-0.15, -0.1) is 0 Å². The summed E-state index contributed by atoms with van der Waals surface area (Å²) in [7, 11) is 0. The molecule has 148 valence electrons. The van der Waals surface area contributed by atoms with Crippen molar-refractivity contribution in [1.82, 2.24) is 0 Å². The number of carbonyl (C=O) groups is 2. The standard InChI is InChI=1S/C23H28N2O3/c1-4-13-28-20-11-9-19(10-12-20)25-15-18(14-21(25)26)23(27)24-22-16(3)7-6-8-17(22)5-2/h6-12,18H,4-5,13-15H2,1-3H3,(H,24,27)/t18-/m1/s1. The zero-order valence-electron chi connectivity index (χ0n) is 16.8. The van der Waals surface area contributed by atoms with Crippen molar-refractivity contribution in [2.75, 3.05) is 23.4 Å². The third kappa shape index (κ3) is 4.35. The lowest BCUT2D eigenvalue weighted by Gasteiger charge is -2.18. The van der Waals surface area contributed by atoms with Crippen molar-refractivity contribution in [3.8, 4) is 5.75 Å². The molecule has 28 heavy (non-hydrogen) atoms. The van der Waals surface area contributed by atoms with Crippen LogP contribution in [-0.2, 0) is 16.0 Å². The number of hydrogen-bond acceptors (Lipinski definition) is 3. The maximum atomic E-state index is 12.8. The van der Waals surface area contributed by atoms with Crippen LogP contribution in [0.1, 0.15) is 37.8 Å². The fourth-order valence-electron chi connectivity index (χ4n) is 3.50. The maximum Gasteiger partial charge on any atom is 0.229 e. The Kier molecular flexibility index (Phi) is 6.34. The molecule has 1 atom stereocenters. The molecule has 5 nitrogen and oxygen atoms in total. The Bertz CT molecular complexity index is 845. The van der Waals surface area contributed by atoms with Gasteiger partial charge >= 0.3 is 0 Å². The predicted molar refractivity (Wildman–Crippen MR) is 112 cm³/mol. The normalized spacial score (nSPS) is 16.3. The summed E-state index contributed by atoms with van der Waals surface area (Å²) in [6.07, 6.45) is 2.02. The van der Waals surface area contributed by atoms with Gasteiger partial charge in [0, 0.05) is 24.3 Å². The number of carbonyl (C=O) groups excluding carboxylic acids is 2. The minimum atomic E-state index is -0.354. The number of aryl methyl sites for hydroxylation is 2. The van der Waals surface area contributed by atoms with E-state index in [0.717, 1.165) is 41.1 Å². The number of nitrogens with one attached hydrogen (secondary N) is 1. The second-order valence-electron chi connectivity index (χ2n) is 7.20. The highest BCUT2D eigenvalue weighted by Gasteiger charge is 2.35. The van der Waals surface area contributed by atoms with Crippen LogP contribution in [0.3, 0.4) is 0 Å². The molecule has 5 heteroatoms.